The van der Waals surface area contributed by atoms with Crippen molar-refractivity contribution in [1.29, 1.82) is 0 Å². The summed E-state index contributed by atoms with van der Waals surface area (Å²) < 4.78 is 10.6. The highest BCUT2D eigenvalue weighted by Gasteiger charge is 2.16. The van der Waals surface area contributed by atoms with Crippen LogP contribution in [0.2, 0.25) is 0 Å². The molecule has 0 bridgehead atoms. The summed E-state index contributed by atoms with van der Waals surface area (Å²) >= 11 is 0. The number of nitrogens with two attached hydrogens (primary N) is 1. The van der Waals surface area contributed by atoms with E-state index in [0.29, 0.717) is 18.3 Å². The maximum atomic E-state index is 6.06. The van der Waals surface area contributed by atoms with Crippen molar-refractivity contribution in [3.63, 3.8) is 0 Å². The van der Waals surface area contributed by atoms with E-state index in [4.69, 9.17) is 15.2 Å². The summed E-state index contributed by atoms with van der Waals surface area (Å²) in [5.41, 5.74) is 8.17. The number of rotatable bonds is 8. The van der Waals surface area contributed by atoms with Crippen LogP contribution >= 0.6 is 24.0 Å². The van der Waals surface area contributed by atoms with Crippen LogP contribution in [-0.2, 0) is 6.54 Å². The molecule has 0 unspecified atom stereocenters. The van der Waals surface area contributed by atoms with E-state index < -0.39 is 0 Å². The lowest BCUT2D eigenvalue weighted by atomic mass is 10.2. The molecule has 30 heavy (non-hydrogen) atoms. The quantitative estimate of drug-likeness (QED) is 0.314. The van der Waals surface area contributed by atoms with E-state index in [2.05, 4.69) is 50.4 Å². The van der Waals surface area contributed by atoms with Gasteiger partial charge in [0.05, 0.1) is 26.5 Å². The first-order valence-corrected chi connectivity index (χ1v) is 9.95. The smallest absolute Gasteiger partial charge is 0.193 e. The van der Waals surface area contributed by atoms with E-state index in [9.17, 15) is 0 Å². The molecule has 0 aromatic heterocycles. The number of hydrogen-bond acceptors (Lipinski definition) is 5. The van der Waals surface area contributed by atoms with Crippen LogP contribution < -0.4 is 20.5 Å². The van der Waals surface area contributed by atoms with Gasteiger partial charge in [-0.2, -0.15) is 0 Å². The highest BCUT2D eigenvalue weighted by Crippen LogP contribution is 2.28. The topological polar surface area (TPSA) is 75.3 Å². The molecule has 0 atom stereocenters. The Kier molecular flexibility index (Phi) is 10.2. The van der Waals surface area contributed by atoms with Crippen LogP contribution in [0.5, 0.6) is 11.5 Å². The van der Waals surface area contributed by atoms with Crippen molar-refractivity contribution in [2.75, 3.05) is 58.8 Å². The van der Waals surface area contributed by atoms with Gasteiger partial charge in [0.1, 0.15) is 11.5 Å². The van der Waals surface area contributed by atoms with Gasteiger partial charge in [-0.25, -0.2) is 0 Å². The molecule has 0 amide bonds. The van der Waals surface area contributed by atoms with Gasteiger partial charge in [-0.05, 0) is 17.7 Å². The molecule has 0 radical (unpaired) electrons. The average molecular weight is 525 g/mol. The van der Waals surface area contributed by atoms with Crippen molar-refractivity contribution < 1.29 is 9.47 Å². The Balaban J connectivity index is 0.00000320. The molecule has 164 valence electrons. The SMILES string of the molecule is COc1ccc(OC)c(NC(N)=NCCN2CCN(Cc3ccccc3)CC2)c1.I. The Morgan fingerprint density at radius 1 is 1.00 bits per heavy atom. The first-order valence-electron chi connectivity index (χ1n) is 9.95. The van der Waals surface area contributed by atoms with Crippen LogP contribution in [0.25, 0.3) is 0 Å². The number of guanidine groups is 1. The number of halogens is 1. The fourth-order valence-electron chi connectivity index (χ4n) is 3.41. The minimum Gasteiger partial charge on any atom is -0.497 e. The molecule has 1 fully saturated rings. The number of ether oxygens (including phenoxy) is 2. The van der Waals surface area contributed by atoms with Crippen molar-refractivity contribution >= 4 is 35.6 Å². The summed E-state index contributed by atoms with van der Waals surface area (Å²) in [4.78, 5) is 9.40. The zero-order valence-corrected chi connectivity index (χ0v) is 20.0. The summed E-state index contributed by atoms with van der Waals surface area (Å²) in [5, 5.41) is 3.10. The molecule has 3 rings (SSSR count). The minimum absolute atomic E-state index is 0. The number of nitrogens with zero attached hydrogens (tertiary/aromatic N) is 3. The lowest BCUT2D eigenvalue weighted by Gasteiger charge is -2.34. The molecule has 0 saturated carbocycles. The molecule has 2 aromatic carbocycles. The molecule has 7 nitrogen and oxygen atoms in total. The molecule has 2 aromatic rings. The molecule has 0 spiro atoms. The normalized spacial score (nSPS) is 15.3. The molecule has 1 heterocycles. The predicted molar refractivity (Wildman–Crippen MR) is 133 cm³/mol. The summed E-state index contributed by atoms with van der Waals surface area (Å²) in [6, 6.07) is 16.2. The second-order valence-electron chi connectivity index (χ2n) is 7.06. The highest BCUT2D eigenvalue weighted by molar-refractivity contribution is 14.0. The fourth-order valence-corrected chi connectivity index (χ4v) is 3.41. The van der Waals surface area contributed by atoms with Crippen LogP contribution in [0.1, 0.15) is 5.56 Å². The van der Waals surface area contributed by atoms with Crippen molar-refractivity contribution in [1.82, 2.24) is 9.80 Å². The lowest BCUT2D eigenvalue weighted by Crippen LogP contribution is -2.46. The summed E-state index contributed by atoms with van der Waals surface area (Å²) in [7, 11) is 3.25. The largest absolute Gasteiger partial charge is 0.497 e. The number of aliphatic imine (C=N–C) groups is 1. The van der Waals surface area contributed by atoms with Crippen LogP contribution in [0.15, 0.2) is 53.5 Å². The molecule has 1 saturated heterocycles. The third-order valence-corrected chi connectivity index (χ3v) is 5.08. The first-order chi connectivity index (χ1) is 14.2. The zero-order valence-electron chi connectivity index (χ0n) is 17.7. The second-order valence-corrected chi connectivity index (χ2v) is 7.06. The number of anilines is 1. The zero-order chi connectivity index (χ0) is 20.5. The minimum atomic E-state index is 0. The standard InChI is InChI=1S/C22H31N5O2.HI/c1-28-19-8-9-21(29-2)20(16-19)25-22(23)24-10-11-26-12-14-27(15-13-26)17-18-6-4-3-5-7-18;/h3-9,16H,10-15,17H2,1-2H3,(H3,23,24,25);1H. The van der Waals surface area contributed by atoms with E-state index in [-0.39, 0.29) is 24.0 Å². The Morgan fingerprint density at radius 2 is 1.70 bits per heavy atom. The number of piperazine rings is 1. The van der Waals surface area contributed by atoms with Gasteiger partial charge in [0, 0.05) is 45.3 Å². The average Bonchev–Trinajstić information content (AvgIpc) is 2.75. The third kappa shape index (κ3) is 7.33. The molecule has 1 aliphatic heterocycles. The fraction of sp³-hybridized carbons (Fsp3) is 0.409. The second kappa shape index (κ2) is 12.6. The number of benzene rings is 2. The van der Waals surface area contributed by atoms with Gasteiger partial charge in [0.15, 0.2) is 5.96 Å². The van der Waals surface area contributed by atoms with Gasteiger partial charge >= 0.3 is 0 Å². The Hall–Kier alpha value is -2.04. The van der Waals surface area contributed by atoms with Crippen molar-refractivity contribution in [3.05, 3.63) is 54.1 Å². The molecule has 3 N–H and O–H groups in total. The first kappa shape index (κ1) is 24.2. The van der Waals surface area contributed by atoms with Gasteiger partial charge in [-0.1, -0.05) is 30.3 Å². The molecule has 1 aliphatic rings. The van der Waals surface area contributed by atoms with E-state index in [1.54, 1.807) is 14.2 Å². The lowest BCUT2D eigenvalue weighted by molar-refractivity contribution is 0.130. The van der Waals surface area contributed by atoms with Gasteiger partial charge in [-0.3, -0.25) is 14.8 Å². The highest BCUT2D eigenvalue weighted by atomic mass is 127. The predicted octanol–water partition coefficient (Wildman–Crippen LogP) is 2.87. The van der Waals surface area contributed by atoms with Gasteiger partial charge in [0.2, 0.25) is 0 Å². The van der Waals surface area contributed by atoms with E-state index >= 15 is 0 Å². The Labute approximate surface area is 196 Å². The van der Waals surface area contributed by atoms with Crippen molar-refractivity contribution in [2.45, 2.75) is 6.54 Å². The third-order valence-electron chi connectivity index (χ3n) is 5.08. The number of nitrogens with one attached hydrogen (secondary N) is 1. The van der Waals surface area contributed by atoms with Gasteiger partial charge in [-0.15, -0.1) is 24.0 Å². The van der Waals surface area contributed by atoms with Crippen LogP contribution in [0.3, 0.4) is 0 Å². The summed E-state index contributed by atoms with van der Waals surface area (Å²) in [6.07, 6.45) is 0. The van der Waals surface area contributed by atoms with E-state index in [1.807, 2.05) is 18.2 Å². The number of methoxy groups -OCH3 is 2. The van der Waals surface area contributed by atoms with Crippen LogP contribution in [-0.4, -0.2) is 69.2 Å². The Morgan fingerprint density at radius 3 is 2.37 bits per heavy atom. The van der Waals surface area contributed by atoms with Crippen molar-refractivity contribution in [3.8, 4) is 11.5 Å². The van der Waals surface area contributed by atoms with Crippen molar-refractivity contribution in [2.24, 2.45) is 10.7 Å². The van der Waals surface area contributed by atoms with Gasteiger partial charge < -0.3 is 20.5 Å². The summed E-state index contributed by atoms with van der Waals surface area (Å²) in [5.74, 6) is 1.80. The molecular weight excluding hydrogens is 493 g/mol. The van der Waals surface area contributed by atoms with Crippen LogP contribution in [0.4, 0.5) is 5.69 Å². The maximum absolute atomic E-state index is 6.06. The molecular formula is C22H32IN5O2. The van der Waals surface area contributed by atoms with Gasteiger partial charge in [0.25, 0.3) is 0 Å². The van der Waals surface area contributed by atoms with Crippen LogP contribution in [0, 0.1) is 0 Å². The molecule has 0 aliphatic carbocycles. The monoisotopic (exact) mass is 525 g/mol. The Bertz CT molecular complexity index is 795. The molecule has 8 heteroatoms. The summed E-state index contributed by atoms with van der Waals surface area (Å²) in [6.45, 7) is 6.84. The maximum Gasteiger partial charge on any atom is 0.193 e. The van der Waals surface area contributed by atoms with E-state index in [0.717, 1.165) is 50.7 Å². The number of hydrogen-bond donors (Lipinski definition) is 2. The van der Waals surface area contributed by atoms with E-state index in [1.165, 1.54) is 5.56 Å².